The zero-order chi connectivity index (χ0) is 11.5. The molecule has 2 aromatic rings. The van der Waals surface area contributed by atoms with E-state index in [1.807, 2.05) is 43.6 Å². The van der Waals surface area contributed by atoms with E-state index in [1.54, 1.807) is 11.8 Å². The third-order valence-corrected chi connectivity index (χ3v) is 2.42. The van der Waals surface area contributed by atoms with Crippen LogP contribution in [0.2, 0.25) is 0 Å². The van der Waals surface area contributed by atoms with Gasteiger partial charge in [-0.15, -0.1) is 0 Å². The average Bonchev–Trinajstić information content (AvgIpc) is 2.71. The molecule has 3 heteroatoms. The Hall–Kier alpha value is -2.03. The van der Waals surface area contributed by atoms with Gasteiger partial charge in [0, 0.05) is 18.8 Å². The molecule has 82 valence electrons. The maximum absolute atomic E-state index is 5.14. The summed E-state index contributed by atoms with van der Waals surface area (Å²) in [6, 6.07) is 10.1. The van der Waals surface area contributed by atoms with E-state index in [2.05, 4.69) is 11.7 Å². The van der Waals surface area contributed by atoms with Crippen LogP contribution in [0.5, 0.6) is 0 Å². The minimum atomic E-state index is 0.583. The van der Waals surface area contributed by atoms with E-state index in [4.69, 9.17) is 4.74 Å². The first-order valence-electron chi connectivity index (χ1n) is 5.04. The normalized spacial score (nSPS) is 10.1. The van der Waals surface area contributed by atoms with Crippen molar-refractivity contribution >= 4 is 5.76 Å². The molecule has 2 rings (SSSR count). The molecule has 0 unspecified atom stereocenters. The molecule has 0 aliphatic rings. The monoisotopic (exact) mass is 214 g/mol. The molecule has 0 aliphatic carbocycles. The smallest absolute Gasteiger partial charge is 0.139 e. The number of rotatable bonds is 3. The van der Waals surface area contributed by atoms with Gasteiger partial charge in [0.1, 0.15) is 11.5 Å². The molecule has 0 radical (unpaired) electrons. The van der Waals surface area contributed by atoms with Crippen LogP contribution < -0.4 is 0 Å². The summed E-state index contributed by atoms with van der Waals surface area (Å²) in [5.74, 6) is 0.583. The number of benzene rings is 1. The predicted molar refractivity (Wildman–Crippen MR) is 64.7 cm³/mol. The van der Waals surface area contributed by atoms with Gasteiger partial charge in [-0.05, 0) is 5.56 Å². The van der Waals surface area contributed by atoms with Crippen LogP contribution in [0.1, 0.15) is 5.69 Å². The van der Waals surface area contributed by atoms with Gasteiger partial charge in [-0.3, -0.25) is 4.68 Å². The second kappa shape index (κ2) is 4.23. The van der Waals surface area contributed by atoms with Gasteiger partial charge in [0.25, 0.3) is 0 Å². The number of nitrogens with zero attached hydrogens (tertiary/aromatic N) is 2. The first-order valence-corrected chi connectivity index (χ1v) is 5.04. The molecule has 0 bridgehead atoms. The molecule has 0 amide bonds. The van der Waals surface area contributed by atoms with E-state index in [1.165, 1.54) is 0 Å². The second-order valence-electron chi connectivity index (χ2n) is 3.56. The minimum Gasteiger partial charge on any atom is -0.495 e. The first-order chi connectivity index (χ1) is 7.72. The molecule has 0 fully saturated rings. The van der Waals surface area contributed by atoms with Crippen molar-refractivity contribution < 1.29 is 4.74 Å². The molecule has 0 saturated heterocycles. The third-order valence-electron chi connectivity index (χ3n) is 2.42. The SMILES string of the molecule is C=C(OC)c1nn(C)cc1-c1ccccc1. The number of methoxy groups -OCH3 is 1. The Morgan fingerprint density at radius 1 is 1.31 bits per heavy atom. The summed E-state index contributed by atoms with van der Waals surface area (Å²) in [5, 5.41) is 4.35. The number of aromatic nitrogens is 2. The lowest BCUT2D eigenvalue weighted by Gasteiger charge is -2.03. The van der Waals surface area contributed by atoms with Crippen molar-refractivity contribution in [1.29, 1.82) is 0 Å². The topological polar surface area (TPSA) is 27.1 Å². The standard InChI is InChI=1S/C13H14N2O/c1-10(16-3)13-12(9-15(2)14-13)11-7-5-4-6-8-11/h4-9H,1H2,2-3H3. The quantitative estimate of drug-likeness (QED) is 0.734. The van der Waals surface area contributed by atoms with E-state index in [9.17, 15) is 0 Å². The predicted octanol–water partition coefficient (Wildman–Crippen LogP) is 2.70. The minimum absolute atomic E-state index is 0.583. The van der Waals surface area contributed by atoms with Crippen molar-refractivity contribution in [2.24, 2.45) is 7.05 Å². The van der Waals surface area contributed by atoms with Gasteiger partial charge in [-0.1, -0.05) is 36.9 Å². The summed E-state index contributed by atoms with van der Waals surface area (Å²) >= 11 is 0. The van der Waals surface area contributed by atoms with E-state index in [0.29, 0.717) is 5.76 Å². The van der Waals surface area contributed by atoms with Crippen LogP contribution in [-0.4, -0.2) is 16.9 Å². The Labute approximate surface area is 95.0 Å². The summed E-state index contributed by atoms with van der Waals surface area (Å²) in [7, 11) is 3.49. The van der Waals surface area contributed by atoms with Gasteiger partial charge in [-0.2, -0.15) is 5.10 Å². The van der Waals surface area contributed by atoms with Crippen LogP contribution >= 0.6 is 0 Å². The van der Waals surface area contributed by atoms with Gasteiger partial charge in [0.15, 0.2) is 0 Å². The number of ether oxygens (including phenoxy) is 1. The van der Waals surface area contributed by atoms with Gasteiger partial charge in [-0.25, -0.2) is 0 Å². The molecule has 0 atom stereocenters. The highest BCUT2D eigenvalue weighted by atomic mass is 16.5. The maximum Gasteiger partial charge on any atom is 0.139 e. The Morgan fingerprint density at radius 2 is 2.00 bits per heavy atom. The van der Waals surface area contributed by atoms with Gasteiger partial charge >= 0.3 is 0 Å². The first kappa shape index (κ1) is 10.5. The van der Waals surface area contributed by atoms with Crippen LogP contribution in [-0.2, 0) is 11.8 Å². The molecule has 1 aromatic heterocycles. The highest BCUT2D eigenvalue weighted by molar-refractivity contribution is 5.75. The van der Waals surface area contributed by atoms with Crippen LogP contribution in [0.4, 0.5) is 0 Å². The Morgan fingerprint density at radius 3 is 2.62 bits per heavy atom. The van der Waals surface area contributed by atoms with E-state index in [0.717, 1.165) is 16.8 Å². The van der Waals surface area contributed by atoms with Crippen molar-refractivity contribution in [2.75, 3.05) is 7.11 Å². The van der Waals surface area contributed by atoms with E-state index in [-0.39, 0.29) is 0 Å². The lowest BCUT2D eigenvalue weighted by molar-refractivity contribution is 0.369. The zero-order valence-electron chi connectivity index (χ0n) is 9.47. The summed E-state index contributed by atoms with van der Waals surface area (Å²) in [6.07, 6.45) is 1.97. The summed E-state index contributed by atoms with van der Waals surface area (Å²) in [6.45, 7) is 3.84. The van der Waals surface area contributed by atoms with Crippen molar-refractivity contribution in [1.82, 2.24) is 9.78 Å². The molecule has 0 N–H and O–H groups in total. The lowest BCUT2D eigenvalue weighted by Crippen LogP contribution is -1.92. The fourth-order valence-corrected chi connectivity index (χ4v) is 1.62. The van der Waals surface area contributed by atoms with Crippen molar-refractivity contribution in [3.63, 3.8) is 0 Å². The fourth-order valence-electron chi connectivity index (χ4n) is 1.62. The Bertz CT molecular complexity index is 500. The van der Waals surface area contributed by atoms with Gasteiger partial charge in [0.05, 0.1) is 7.11 Å². The molecular formula is C13H14N2O. The molecule has 0 saturated carbocycles. The van der Waals surface area contributed by atoms with Crippen LogP contribution in [0.25, 0.3) is 16.9 Å². The lowest BCUT2D eigenvalue weighted by atomic mass is 10.1. The highest BCUT2D eigenvalue weighted by Gasteiger charge is 2.12. The average molecular weight is 214 g/mol. The number of hydrogen-bond acceptors (Lipinski definition) is 2. The maximum atomic E-state index is 5.14. The molecule has 3 nitrogen and oxygen atoms in total. The van der Waals surface area contributed by atoms with Crippen molar-refractivity contribution in [2.45, 2.75) is 0 Å². The Balaban J connectivity index is 2.53. The second-order valence-corrected chi connectivity index (χ2v) is 3.56. The van der Waals surface area contributed by atoms with E-state index < -0.39 is 0 Å². The van der Waals surface area contributed by atoms with Crippen LogP contribution in [0.3, 0.4) is 0 Å². The molecule has 0 aliphatic heterocycles. The molecule has 0 spiro atoms. The van der Waals surface area contributed by atoms with Crippen molar-refractivity contribution in [3.8, 4) is 11.1 Å². The fraction of sp³-hybridized carbons (Fsp3) is 0.154. The number of hydrogen-bond donors (Lipinski definition) is 0. The summed E-state index contributed by atoms with van der Waals surface area (Å²) in [5.41, 5.74) is 2.94. The van der Waals surface area contributed by atoms with E-state index >= 15 is 0 Å². The summed E-state index contributed by atoms with van der Waals surface area (Å²) in [4.78, 5) is 0. The Kier molecular flexibility index (Phi) is 2.77. The van der Waals surface area contributed by atoms with Gasteiger partial charge < -0.3 is 4.74 Å². The van der Waals surface area contributed by atoms with Crippen LogP contribution in [0.15, 0.2) is 43.1 Å². The van der Waals surface area contributed by atoms with Crippen LogP contribution in [0, 0.1) is 0 Å². The molecular weight excluding hydrogens is 200 g/mol. The molecule has 16 heavy (non-hydrogen) atoms. The zero-order valence-corrected chi connectivity index (χ0v) is 9.47. The van der Waals surface area contributed by atoms with Crippen molar-refractivity contribution in [3.05, 3.63) is 48.8 Å². The summed E-state index contributed by atoms with van der Waals surface area (Å²) < 4.78 is 6.91. The third kappa shape index (κ3) is 1.84. The molecule has 1 aromatic carbocycles. The largest absolute Gasteiger partial charge is 0.495 e. The number of aryl methyl sites for hydroxylation is 1. The molecule has 1 heterocycles. The highest BCUT2D eigenvalue weighted by Crippen LogP contribution is 2.26. The van der Waals surface area contributed by atoms with Gasteiger partial charge in [0.2, 0.25) is 0 Å².